The van der Waals surface area contributed by atoms with Crippen molar-refractivity contribution < 1.29 is 13.2 Å². The van der Waals surface area contributed by atoms with Crippen molar-refractivity contribution in [3.8, 4) is 5.75 Å². The predicted molar refractivity (Wildman–Crippen MR) is 112 cm³/mol. The van der Waals surface area contributed by atoms with Gasteiger partial charge in [-0.2, -0.15) is 0 Å². The highest BCUT2D eigenvalue weighted by molar-refractivity contribution is 7.91. The van der Waals surface area contributed by atoms with Crippen molar-refractivity contribution in [2.45, 2.75) is 85.5 Å². The molecule has 0 N–H and O–H groups in total. The van der Waals surface area contributed by atoms with Crippen LogP contribution >= 0.6 is 0 Å². The molecule has 0 heterocycles. The third-order valence-electron chi connectivity index (χ3n) is 4.65. The second kappa shape index (κ2) is 8.77. The average molecular weight is 383 g/mol. The second-order valence-electron chi connectivity index (χ2n) is 9.21. The standard InChI is InChI=1S/C22H38O3S/c1-9-11-13-25-20-18(21(3,4)5)15-17(12-14-26(23,24)10-2)16-19(20)22(6,7)8/h15-16H,9-14H2,1-8H3. The van der Waals surface area contributed by atoms with Gasteiger partial charge in [0.15, 0.2) is 0 Å². The quantitative estimate of drug-likeness (QED) is 0.562. The molecule has 0 amide bonds. The molecule has 0 bridgehead atoms. The molecule has 0 aliphatic carbocycles. The summed E-state index contributed by atoms with van der Waals surface area (Å²) in [7, 11) is -2.97. The molecule has 0 atom stereocenters. The van der Waals surface area contributed by atoms with Gasteiger partial charge in [-0.25, -0.2) is 8.42 Å². The van der Waals surface area contributed by atoms with Gasteiger partial charge in [-0.15, -0.1) is 0 Å². The van der Waals surface area contributed by atoms with Gasteiger partial charge in [0, 0.05) is 16.9 Å². The molecule has 3 nitrogen and oxygen atoms in total. The Morgan fingerprint density at radius 1 is 0.923 bits per heavy atom. The van der Waals surface area contributed by atoms with Gasteiger partial charge >= 0.3 is 0 Å². The number of unbranched alkanes of at least 4 members (excludes halogenated alkanes) is 1. The maximum atomic E-state index is 12.0. The van der Waals surface area contributed by atoms with E-state index in [0.29, 0.717) is 13.0 Å². The van der Waals surface area contributed by atoms with Crippen molar-refractivity contribution >= 4 is 9.84 Å². The van der Waals surface area contributed by atoms with Crippen LogP contribution in [-0.2, 0) is 27.1 Å². The third kappa shape index (κ3) is 6.61. The van der Waals surface area contributed by atoms with Gasteiger partial charge in [0.2, 0.25) is 0 Å². The summed E-state index contributed by atoms with van der Waals surface area (Å²) in [4.78, 5) is 0. The Kier molecular flexibility index (Phi) is 7.76. The summed E-state index contributed by atoms with van der Waals surface area (Å²) in [5, 5.41) is 0. The zero-order valence-corrected chi connectivity index (χ0v) is 18.8. The Morgan fingerprint density at radius 2 is 1.42 bits per heavy atom. The Balaban J connectivity index is 3.44. The van der Waals surface area contributed by atoms with Crippen LogP contribution in [0.5, 0.6) is 5.75 Å². The van der Waals surface area contributed by atoms with Crippen LogP contribution in [0.2, 0.25) is 0 Å². The van der Waals surface area contributed by atoms with E-state index in [1.54, 1.807) is 6.92 Å². The molecule has 0 aliphatic heterocycles. The number of aryl methyl sites for hydroxylation is 1. The molecule has 0 radical (unpaired) electrons. The van der Waals surface area contributed by atoms with E-state index in [1.807, 2.05) is 0 Å². The monoisotopic (exact) mass is 382 g/mol. The zero-order valence-electron chi connectivity index (χ0n) is 18.0. The molecule has 1 aromatic rings. The van der Waals surface area contributed by atoms with Crippen molar-refractivity contribution in [2.24, 2.45) is 0 Å². The van der Waals surface area contributed by atoms with Crippen LogP contribution in [-0.4, -0.2) is 26.5 Å². The van der Waals surface area contributed by atoms with Crippen LogP contribution in [0.1, 0.15) is 84.9 Å². The minimum absolute atomic E-state index is 0.0683. The fraction of sp³-hybridized carbons (Fsp3) is 0.727. The fourth-order valence-corrected chi connectivity index (χ4v) is 3.67. The van der Waals surface area contributed by atoms with Gasteiger partial charge in [0.1, 0.15) is 15.6 Å². The van der Waals surface area contributed by atoms with Crippen molar-refractivity contribution in [3.05, 3.63) is 28.8 Å². The van der Waals surface area contributed by atoms with Gasteiger partial charge < -0.3 is 4.74 Å². The molecule has 1 rings (SSSR count). The number of ether oxygens (including phenoxy) is 1. The van der Waals surface area contributed by atoms with Crippen LogP contribution in [0.25, 0.3) is 0 Å². The number of hydrogen-bond acceptors (Lipinski definition) is 3. The summed E-state index contributed by atoms with van der Waals surface area (Å²) >= 11 is 0. The van der Waals surface area contributed by atoms with Crippen LogP contribution < -0.4 is 4.74 Å². The van der Waals surface area contributed by atoms with Crippen LogP contribution in [0.4, 0.5) is 0 Å². The van der Waals surface area contributed by atoms with E-state index in [9.17, 15) is 8.42 Å². The summed E-state index contributed by atoms with van der Waals surface area (Å²) in [6.45, 7) is 17.7. The van der Waals surface area contributed by atoms with E-state index in [1.165, 1.54) is 11.1 Å². The van der Waals surface area contributed by atoms with Gasteiger partial charge in [-0.1, -0.05) is 73.9 Å². The molecular formula is C22H38O3S. The van der Waals surface area contributed by atoms with Crippen LogP contribution in [0.3, 0.4) is 0 Å². The Bertz CT molecular complexity index is 654. The highest BCUT2D eigenvalue weighted by Crippen LogP contribution is 2.41. The fourth-order valence-electron chi connectivity index (χ4n) is 2.84. The van der Waals surface area contributed by atoms with E-state index < -0.39 is 9.84 Å². The molecule has 0 unspecified atom stereocenters. The summed E-state index contributed by atoms with van der Waals surface area (Å²) in [6, 6.07) is 4.31. The van der Waals surface area contributed by atoms with Crippen LogP contribution in [0, 0.1) is 0 Å². The predicted octanol–water partition coefficient (Wildman–Crippen LogP) is 5.44. The number of hydrogen-bond donors (Lipinski definition) is 0. The maximum Gasteiger partial charge on any atom is 0.150 e. The van der Waals surface area contributed by atoms with Crippen LogP contribution in [0.15, 0.2) is 12.1 Å². The molecule has 0 fully saturated rings. The first-order valence-electron chi connectivity index (χ1n) is 9.83. The molecule has 0 saturated carbocycles. The number of sulfone groups is 1. The minimum atomic E-state index is -2.97. The third-order valence-corrected chi connectivity index (χ3v) is 6.36. The Hall–Kier alpha value is -1.03. The summed E-state index contributed by atoms with van der Waals surface area (Å²) < 4.78 is 30.2. The molecule has 0 spiro atoms. The van der Waals surface area contributed by atoms with E-state index in [0.717, 1.165) is 24.2 Å². The summed E-state index contributed by atoms with van der Waals surface area (Å²) in [5.41, 5.74) is 3.29. The number of rotatable bonds is 8. The molecule has 150 valence electrons. The average Bonchev–Trinajstić information content (AvgIpc) is 2.51. The summed E-state index contributed by atoms with van der Waals surface area (Å²) in [6.07, 6.45) is 2.68. The molecule has 0 saturated heterocycles. The van der Waals surface area contributed by atoms with E-state index in [-0.39, 0.29) is 22.3 Å². The lowest BCUT2D eigenvalue weighted by Gasteiger charge is -2.30. The molecule has 26 heavy (non-hydrogen) atoms. The SMILES string of the molecule is CCCCOc1c(C(C)(C)C)cc(CCS(=O)(=O)CC)cc1C(C)(C)C. The Morgan fingerprint density at radius 3 is 1.81 bits per heavy atom. The first-order valence-corrected chi connectivity index (χ1v) is 11.6. The molecule has 1 aromatic carbocycles. The molecular weight excluding hydrogens is 344 g/mol. The molecule has 0 aromatic heterocycles. The van der Waals surface area contributed by atoms with Crippen molar-refractivity contribution in [1.29, 1.82) is 0 Å². The highest BCUT2D eigenvalue weighted by Gasteiger charge is 2.28. The van der Waals surface area contributed by atoms with Gasteiger partial charge in [-0.3, -0.25) is 0 Å². The first kappa shape index (κ1) is 23.0. The lowest BCUT2D eigenvalue weighted by Crippen LogP contribution is -2.21. The molecule has 0 aliphatic rings. The topological polar surface area (TPSA) is 43.4 Å². The van der Waals surface area contributed by atoms with Crippen molar-refractivity contribution in [1.82, 2.24) is 0 Å². The normalized spacial score (nSPS) is 13.1. The van der Waals surface area contributed by atoms with Gasteiger partial charge in [-0.05, 0) is 29.2 Å². The van der Waals surface area contributed by atoms with Gasteiger partial charge in [0.25, 0.3) is 0 Å². The van der Waals surface area contributed by atoms with E-state index >= 15 is 0 Å². The highest BCUT2D eigenvalue weighted by atomic mass is 32.2. The Labute approximate surface area is 161 Å². The van der Waals surface area contributed by atoms with E-state index in [2.05, 4.69) is 60.6 Å². The van der Waals surface area contributed by atoms with Crippen molar-refractivity contribution in [3.63, 3.8) is 0 Å². The largest absolute Gasteiger partial charge is 0.493 e. The maximum absolute atomic E-state index is 12.0. The van der Waals surface area contributed by atoms with E-state index in [4.69, 9.17) is 4.74 Å². The smallest absolute Gasteiger partial charge is 0.150 e. The zero-order chi connectivity index (χ0) is 20.2. The number of benzene rings is 1. The lowest BCUT2D eigenvalue weighted by atomic mass is 9.78. The van der Waals surface area contributed by atoms with Crippen molar-refractivity contribution in [2.75, 3.05) is 18.1 Å². The van der Waals surface area contributed by atoms with Gasteiger partial charge in [0.05, 0.1) is 12.4 Å². The second-order valence-corrected chi connectivity index (χ2v) is 11.7. The lowest BCUT2D eigenvalue weighted by molar-refractivity contribution is 0.292. The first-order chi connectivity index (χ1) is 11.8. The minimum Gasteiger partial charge on any atom is -0.493 e. The molecule has 4 heteroatoms. The summed E-state index contributed by atoms with van der Waals surface area (Å²) in [5.74, 6) is 1.39.